The minimum atomic E-state index is -0.718. The fraction of sp³-hybridized carbons (Fsp3) is 0.348. The van der Waals surface area contributed by atoms with Gasteiger partial charge in [0.1, 0.15) is 36.5 Å². The van der Waals surface area contributed by atoms with E-state index < -0.39 is 36.6 Å². The molecule has 0 spiro atoms. The molecule has 10 heteroatoms. The fourth-order valence-electron chi connectivity index (χ4n) is 4.82. The minimum absolute atomic E-state index is 0.262. The largest absolute Gasteiger partial charge is 0.457 e. The number of anilines is 1. The number of nitrogens with zero attached hydrogens (tertiary/aromatic N) is 4. The van der Waals surface area contributed by atoms with Gasteiger partial charge < -0.3 is 20.3 Å². The highest BCUT2D eigenvalue weighted by Gasteiger charge is 2.56. The molecule has 3 aliphatic heterocycles. The molecular weight excluding hydrogens is 424 g/mol. The Bertz CT molecular complexity index is 1060. The molecule has 0 bridgehead atoms. The summed E-state index contributed by atoms with van der Waals surface area (Å²) in [5.41, 5.74) is 6.25. The molecule has 33 heavy (non-hydrogen) atoms. The average molecular weight is 450 g/mol. The van der Waals surface area contributed by atoms with Gasteiger partial charge in [-0.2, -0.15) is 0 Å². The Balaban J connectivity index is 1.36. The third-order valence-electron chi connectivity index (χ3n) is 6.33. The molecule has 3 heterocycles. The molecule has 3 fully saturated rings. The predicted molar refractivity (Wildman–Crippen MR) is 120 cm³/mol. The Morgan fingerprint density at radius 3 is 2.45 bits per heavy atom. The summed E-state index contributed by atoms with van der Waals surface area (Å²) in [6.07, 6.45) is 0.104. The number of primary amides is 1. The Kier molecular flexibility index (Phi) is 5.39. The summed E-state index contributed by atoms with van der Waals surface area (Å²) in [6.45, 7) is 1.07. The highest BCUT2D eigenvalue weighted by molar-refractivity contribution is 6.03. The molecule has 3 unspecified atom stereocenters. The number of nitrogens with one attached hydrogen (secondary N) is 1. The first-order chi connectivity index (χ1) is 15.9. The molecule has 0 aliphatic carbocycles. The van der Waals surface area contributed by atoms with Gasteiger partial charge in [-0.05, 0) is 42.8 Å². The number of hydrogen-bond donors (Lipinski definition) is 2. The molecule has 3 N–H and O–H groups in total. The van der Waals surface area contributed by atoms with Gasteiger partial charge in [0.25, 0.3) is 5.91 Å². The first-order valence-corrected chi connectivity index (χ1v) is 10.9. The van der Waals surface area contributed by atoms with Gasteiger partial charge in [0.05, 0.1) is 0 Å². The van der Waals surface area contributed by atoms with Crippen molar-refractivity contribution in [2.24, 2.45) is 5.73 Å². The van der Waals surface area contributed by atoms with Crippen LogP contribution >= 0.6 is 0 Å². The quantitative estimate of drug-likeness (QED) is 0.698. The SMILES string of the molecule is CN1C(=O)N(CC(N)=O)C(=O)C2C1NC1N(c3ccc(Oc4ccccc4)cc3)CCCN21. The van der Waals surface area contributed by atoms with E-state index in [4.69, 9.17) is 10.5 Å². The van der Waals surface area contributed by atoms with Crippen LogP contribution in [-0.2, 0) is 9.59 Å². The van der Waals surface area contributed by atoms with Crippen LogP contribution in [0.5, 0.6) is 11.5 Å². The molecule has 10 nitrogen and oxygen atoms in total. The van der Waals surface area contributed by atoms with E-state index in [1.807, 2.05) is 54.6 Å². The highest BCUT2D eigenvalue weighted by atomic mass is 16.5. The van der Waals surface area contributed by atoms with Gasteiger partial charge in [0.2, 0.25) is 5.91 Å². The maximum absolute atomic E-state index is 13.2. The van der Waals surface area contributed by atoms with Crippen LogP contribution in [0.4, 0.5) is 10.5 Å². The molecule has 0 radical (unpaired) electrons. The first-order valence-electron chi connectivity index (χ1n) is 10.9. The molecule has 2 aromatic rings. The average Bonchev–Trinajstić information content (AvgIpc) is 3.22. The van der Waals surface area contributed by atoms with Gasteiger partial charge in [-0.25, -0.2) is 4.79 Å². The molecule has 3 saturated heterocycles. The monoisotopic (exact) mass is 450 g/mol. The summed E-state index contributed by atoms with van der Waals surface area (Å²) in [7, 11) is 1.63. The van der Waals surface area contributed by atoms with Crippen LogP contribution in [0.1, 0.15) is 6.42 Å². The first kappa shape index (κ1) is 21.2. The molecule has 5 rings (SSSR count). The predicted octanol–water partition coefficient (Wildman–Crippen LogP) is 0.952. The summed E-state index contributed by atoms with van der Waals surface area (Å²) >= 11 is 0. The minimum Gasteiger partial charge on any atom is -0.457 e. The van der Waals surface area contributed by atoms with Crippen molar-refractivity contribution >= 4 is 23.5 Å². The number of benzene rings is 2. The van der Waals surface area contributed by atoms with Gasteiger partial charge in [-0.3, -0.25) is 24.7 Å². The number of imide groups is 1. The third kappa shape index (κ3) is 3.77. The summed E-state index contributed by atoms with van der Waals surface area (Å²) in [6, 6.07) is 16.3. The molecule has 3 aliphatic rings. The van der Waals surface area contributed by atoms with Crippen LogP contribution < -0.4 is 20.7 Å². The number of carbonyl (C=O) groups excluding carboxylic acids is 3. The van der Waals surface area contributed by atoms with Crippen LogP contribution in [0.3, 0.4) is 0 Å². The van der Waals surface area contributed by atoms with Gasteiger partial charge >= 0.3 is 6.03 Å². The fourth-order valence-corrected chi connectivity index (χ4v) is 4.82. The standard InChI is InChI=1S/C23H26N6O4/c1-26-20-19(21(31)29(23(26)32)14-18(24)30)28-13-5-12-27(22(28)25-20)15-8-10-17(11-9-15)33-16-6-3-2-4-7-16/h2-4,6-11,19-20,22,25H,5,12-14H2,1H3,(H2,24,30). The molecule has 3 atom stereocenters. The lowest BCUT2D eigenvalue weighted by Crippen LogP contribution is -2.67. The molecule has 2 aromatic carbocycles. The maximum atomic E-state index is 13.2. The van der Waals surface area contributed by atoms with E-state index in [0.29, 0.717) is 6.54 Å². The van der Waals surface area contributed by atoms with Crippen LogP contribution in [0, 0.1) is 0 Å². The Morgan fingerprint density at radius 1 is 1.06 bits per heavy atom. The van der Waals surface area contributed by atoms with E-state index in [1.165, 1.54) is 4.90 Å². The number of likely N-dealkylation sites (N-methyl/N-ethyl adjacent to an activating group) is 1. The normalized spacial score (nSPS) is 25.1. The zero-order valence-corrected chi connectivity index (χ0v) is 18.3. The second-order valence-electron chi connectivity index (χ2n) is 8.41. The smallest absolute Gasteiger partial charge is 0.328 e. The van der Waals surface area contributed by atoms with Crippen LogP contribution in [0.2, 0.25) is 0 Å². The number of rotatable bonds is 5. The summed E-state index contributed by atoms with van der Waals surface area (Å²) in [5, 5.41) is 3.44. The van der Waals surface area contributed by atoms with Crippen molar-refractivity contribution in [3.63, 3.8) is 0 Å². The summed E-state index contributed by atoms with van der Waals surface area (Å²) in [5.74, 6) is 0.381. The Hall–Kier alpha value is -3.63. The van der Waals surface area contributed by atoms with Crippen molar-refractivity contribution in [1.29, 1.82) is 0 Å². The van der Waals surface area contributed by atoms with Gasteiger partial charge in [-0.1, -0.05) is 18.2 Å². The van der Waals surface area contributed by atoms with E-state index >= 15 is 0 Å². The third-order valence-corrected chi connectivity index (χ3v) is 6.33. The molecule has 0 saturated carbocycles. The lowest BCUT2D eigenvalue weighted by atomic mass is 10.1. The van der Waals surface area contributed by atoms with Crippen molar-refractivity contribution in [2.75, 3.05) is 31.6 Å². The molecule has 172 valence electrons. The maximum Gasteiger partial charge on any atom is 0.328 e. The number of fused-ring (bicyclic) bond motifs is 3. The Labute approximate surface area is 191 Å². The molecule has 4 amide bonds. The summed E-state index contributed by atoms with van der Waals surface area (Å²) < 4.78 is 5.89. The zero-order valence-electron chi connectivity index (χ0n) is 18.3. The van der Waals surface area contributed by atoms with Gasteiger partial charge in [0, 0.05) is 25.8 Å². The van der Waals surface area contributed by atoms with Crippen molar-refractivity contribution in [3.05, 3.63) is 54.6 Å². The lowest BCUT2D eigenvalue weighted by molar-refractivity contribution is -0.141. The number of urea groups is 1. The van der Waals surface area contributed by atoms with Gasteiger partial charge in [-0.15, -0.1) is 0 Å². The van der Waals surface area contributed by atoms with Gasteiger partial charge in [0.15, 0.2) is 0 Å². The number of amides is 4. The van der Waals surface area contributed by atoms with Crippen LogP contribution in [0.25, 0.3) is 0 Å². The second kappa shape index (κ2) is 8.38. The van der Waals surface area contributed by atoms with E-state index in [2.05, 4.69) is 15.1 Å². The van der Waals surface area contributed by atoms with E-state index in [0.717, 1.165) is 35.1 Å². The Morgan fingerprint density at radius 2 is 1.76 bits per heavy atom. The van der Waals surface area contributed by atoms with Crippen LogP contribution in [-0.4, -0.2) is 77.7 Å². The van der Waals surface area contributed by atoms with E-state index in [-0.39, 0.29) is 6.29 Å². The van der Waals surface area contributed by atoms with Crippen molar-refractivity contribution < 1.29 is 19.1 Å². The lowest BCUT2D eigenvalue weighted by Gasteiger charge is -2.43. The van der Waals surface area contributed by atoms with Crippen molar-refractivity contribution in [1.82, 2.24) is 20.0 Å². The number of para-hydroxylation sites is 1. The number of hydrogen-bond acceptors (Lipinski definition) is 7. The molecule has 0 aromatic heterocycles. The van der Waals surface area contributed by atoms with Crippen molar-refractivity contribution in [2.45, 2.75) is 24.9 Å². The zero-order chi connectivity index (χ0) is 23.1. The second-order valence-corrected chi connectivity index (χ2v) is 8.41. The number of carbonyl (C=O) groups is 3. The van der Waals surface area contributed by atoms with E-state index in [1.54, 1.807) is 7.05 Å². The molecular formula is C23H26N6O4. The highest BCUT2D eigenvalue weighted by Crippen LogP contribution is 2.34. The number of nitrogens with two attached hydrogens (primary N) is 1. The van der Waals surface area contributed by atoms with Crippen LogP contribution in [0.15, 0.2) is 54.6 Å². The van der Waals surface area contributed by atoms with Crippen molar-refractivity contribution in [3.8, 4) is 11.5 Å². The number of ether oxygens (including phenoxy) is 1. The topological polar surface area (TPSA) is 111 Å². The summed E-state index contributed by atoms with van der Waals surface area (Å²) in [4.78, 5) is 44.0. The van der Waals surface area contributed by atoms with E-state index in [9.17, 15) is 14.4 Å².